The highest BCUT2D eigenvalue weighted by Gasteiger charge is 2.06. The van der Waals surface area contributed by atoms with Crippen LogP contribution in [0.3, 0.4) is 0 Å². The maximum Gasteiger partial charge on any atom is 0.439 e. The number of nitrogens with zero attached hydrogens (tertiary/aromatic N) is 1. The molecule has 0 atom stereocenters. The third kappa shape index (κ3) is 1.67. The molecule has 0 amide bonds. The minimum absolute atomic E-state index is 0.149. The lowest BCUT2D eigenvalue weighted by atomic mass is 10.2. The van der Waals surface area contributed by atoms with Gasteiger partial charge in [0.2, 0.25) is 0 Å². The molecule has 0 aliphatic rings. The summed E-state index contributed by atoms with van der Waals surface area (Å²) in [5.41, 5.74) is 0.362. The Morgan fingerprint density at radius 1 is 1.43 bits per heavy atom. The molecule has 0 fully saturated rings. The van der Waals surface area contributed by atoms with Crippen molar-refractivity contribution in [2.75, 3.05) is 0 Å². The van der Waals surface area contributed by atoms with Gasteiger partial charge in [-0.15, -0.1) is 0 Å². The molecule has 0 spiro atoms. The molecule has 1 aromatic carbocycles. The molecule has 0 radical (unpaired) electrons. The van der Waals surface area contributed by atoms with Crippen LogP contribution in [0.1, 0.15) is 0 Å². The quantitative estimate of drug-likeness (QED) is 0.788. The summed E-state index contributed by atoms with van der Waals surface area (Å²) >= 11 is 5.62. The highest BCUT2D eigenvalue weighted by molar-refractivity contribution is 6.30. The maximum atomic E-state index is 12.9. The van der Waals surface area contributed by atoms with Crippen LogP contribution in [0.5, 0.6) is 0 Å². The molecule has 0 unspecified atom stereocenters. The number of rotatable bonds is 1. The summed E-state index contributed by atoms with van der Waals surface area (Å²) in [5.74, 6) is -1.05. The van der Waals surface area contributed by atoms with E-state index < -0.39 is 11.6 Å². The van der Waals surface area contributed by atoms with Crippen molar-refractivity contribution in [3.63, 3.8) is 0 Å². The first-order valence-corrected chi connectivity index (χ1v) is 4.05. The van der Waals surface area contributed by atoms with Crippen LogP contribution in [0.4, 0.5) is 4.39 Å². The third-order valence-electron chi connectivity index (χ3n) is 1.58. The SMILES string of the molecule is O=c1[nH]c(-c2cc(F)cc(Cl)c2)no1. The Bertz CT molecular complexity index is 500. The predicted molar refractivity (Wildman–Crippen MR) is 47.5 cm³/mol. The second-order valence-electron chi connectivity index (χ2n) is 2.60. The number of nitrogens with one attached hydrogen (secondary N) is 1. The third-order valence-corrected chi connectivity index (χ3v) is 1.79. The molecule has 1 heterocycles. The summed E-state index contributed by atoms with van der Waals surface area (Å²) in [6.07, 6.45) is 0. The van der Waals surface area contributed by atoms with E-state index in [0.29, 0.717) is 5.56 Å². The number of H-pyrrole nitrogens is 1. The van der Waals surface area contributed by atoms with E-state index in [0.717, 1.165) is 6.07 Å². The maximum absolute atomic E-state index is 12.9. The normalized spacial score (nSPS) is 10.4. The van der Waals surface area contributed by atoms with Gasteiger partial charge in [0.25, 0.3) is 0 Å². The van der Waals surface area contributed by atoms with Gasteiger partial charge in [0.05, 0.1) is 0 Å². The van der Waals surface area contributed by atoms with Crippen molar-refractivity contribution >= 4 is 11.6 Å². The van der Waals surface area contributed by atoms with E-state index in [1.807, 2.05) is 0 Å². The van der Waals surface area contributed by atoms with E-state index in [9.17, 15) is 9.18 Å². The largest absolute Gasteiger partial charge is 0.439 e. The van der Waals surface area contributed by atoms with Gasteiger partial charge in [0.1, 0.15) is 5.82 Å². The first-order valence-electron chi connectivity index (χ1n) is 3.67. The number of hydrogen-bond acceptors (Lipinski definition) is 3. The summed E-state index contributed by atoms with van der Waals surface area (Å²) in [6, 6.07) is 3.82. The van der Waals surface area contributed by atoms with E-state index >= 15 is 0 Å². The van der Waals surface area contributed by atoms with Crippen LogP contribution in [0.2, 0.25) is 5.02 Å². The minimum atomic E-state index is -0.694. The van der Waals surface area contributed by atoms with Crippen LogP contribution < -0.4 is 5.76 Å². The average Bonchev–Trinajstić information content (AvgIpc) is 2.50. The monoisotopic (exact) mass is 214 g/mol. The van der Waals surface area contributed by atoms with Crippen molar-refractivity contribution in [3.8, 4) is 11.4 Å². The van der Waals surface area contributed by atoms with Crippen molar-refractivity contribution < 1.29 is 8.91 Å². The first-order chi connectivity index (χ1) is 6.65. The molecule has 1 N–H and O–H groups in total. The van der Waals surface area contributed by atoms with E-state index in [4.69, 9.17) is 11.6 Å². The number of hydrogen-bond donors (Lipinski definition) is 1. The van der Waals surface area contributed by atoms with Crippen molar-refractivity contribution in [1.29, 1.82) is 0 Å². The molecule has 1 aromatic heterocycles. The van der Waals surface area contributed by atoms with Crippen LogP contribution in [-0.4, -0.2) is 10.1 Å². The fraction of sp³-hybridized carbons (Fsp3) is 0. The fourth-order valence-corrected chi connectivity index (χ4v) is 1.27. The molecule has 0 aliphatic carbocycles. The van der Waals surface area contributed by atoms with Crippen molar-refractivity contribution in [2.45, 2.75) is 0 Å². The highest BCUT2D eigenvalue weighted by atomic mass is 35.5. The Morgan fingerprint density at radius 2 is 2.21 bits per heavy atom. The Balaban J connectivity index is 2.56. The van der Waals surface area contributed by atoms with Crippen LogP contribution in [0, 0.1) is 5.82 Å². The number of aromatic amines is 1. The zero-order valence-electron chi connectivity index (χ0n) is 6.75. The minimum Gasteiger partial charge on any atom is -0.296 e. The van der Waals surface area contributed by atoms with Gasteiger partial charge < -0.3 is 0 Å². The summed E-state index contributed by atoms with van der Waals surface area (Å²) in [6.45, 7) is 0. The second kappa shape index (κ2) is 3.26. The van der Waals surface area contributed by atoms with Crippen LogP contribution >= 0.6 is 11.6 Å². The smallest absolute Gasteiger partial charge is 0.296 e. The van der Waals surface area contributed by atoms with Crippen LogP contribution in [-0.2, 0) is 0 Å². The summed E-state index contributed by atoms with van der Waals surface area (Å²) in [7, 11) is 0. The van der Waals surface area contributed by atoms with Gasteiger partial charge in [-0.25, -0.2) is 9.18 Å². The van der Waals surface area contributed by atoms with E-state index in [2.05, 4.69) is 14.7 Å². The van der Waals surface area contributed by atoms with Crippen LogP contribution in [0.15, 0.2) is 27.5 Å². The fourth-order valence-electron chi connectivity index (χ4n) is 1.04. The zero-order chi connectivity index (χ0) is 10.1. The molecule has 0 saturated carbocycles. The van der Waals surface area contributed by atoms with Crippen molar-refractivity contribution in [2.24, 2.45) is 0 Å². The van der Waals surface area contributed by atoms with Crippen LogP contribution in [0.25, 0.3) is 11.4 Å². The Morgan fingerprint density at radius 3 is 2.79 bits per heavy atom. The molecule has 72 valence electrons. The molecule has 0 saturated heterocycles. The molecular formula is C8H4ClFN2O2. The average molecular weight is 215 g/mol. The summed E-state index contributed by atoms with van der Waals surface area (Å²) in [5, 5.41) is 3.63. The van der Waals surface area contributed by atoms with Crippen molar-refractivity contribution in [3.05, 3.63) is 39.6 Å². The van der Waals surface area contributed by atoms with Gasteiger partial charge in [0, 0.05) is 10.6 Å². The van der Waals surface area contributed by atoms with E-state index in [1.54, 1.807) is 0 Å². The first kappa shape index (κ1) is 8.96. The number of halogens is 2. The molecule has 14 heavy (non-hydrogen) atoms. The van der Waals surface area contributed by atoms with Gasteiger partial charge in [-0.05, 0) is 18.2 Å². The molecule has 0 bridgehead atoms. The highest BCUT2D eigenvalue weighted by Crippen LogP contribution is 2.20. The molecule has 2 rings (SSSR count). The summed E-state index contributed by atoms with van der Waals surface area (Å²) in [4.78, 5) is 12.9. The lowest BCUT2D eigenvalue weighted by molar-refractivity contribution is 0.388. The summed E-state index contributed by atoms with van der Waals surface area (Å²) < 4.78 is 17.2. The lowest BCUT2D eigenvalue weighted by Crippen LogP contribution is -1.94. The Kier molecular flexibility index (Phi) is 2.09. The lowest BCUT2D eigenvalue weighted by Gasteiger charge is -1.96. The second-order valence-corrected chi connectivity index (χ2v) is 3.04. The molecule has 0 aliphatic heterocycles. The standard InChI is InChI=1S/C8H4ClFN2O2/c9-5-1-4(2-6(10)3-5)7-11-8(13)14-12-7/h1-3H,(H,11,12,13). The predicted octanol–water partition coefficient (Wildman–Crippen LogP) is 1.82. The number of benzene rings is 1. The van der Waals surface area contributed by atoms with E-state index in [-0.39, 0.29) is 10.8 Å². The van der Waals surface area contributed by atoms with Gasteiger partial charge in [-0.2, -0.15) is 0 Å². The van der Waals surface area contributed by atoms with E-state index in [1.165, 1.54) is 12.1 Å². The zero-order valence-corrected chi connectivity index (χ0v) is 7.51. The topological polar surface area (TPSA) is 58.9 Å². The number of aromatic nitrogens is 2. The Hall–Kier alpha value is -1.62. The molecule has 4 nitrogen and oxygen atoms in total. The van der Waals surface area contributed by atoms with Gasteiger partial charge >= 0.3 is 5.76 Å². The molecule has 2 aromatic rings. The van der Waals surface area contributed by atoms with Gasteiger partial charge in [-0.1, -0.05) is 16.8 Å². The molecular weight excluding hydrogens is 211 g/mol. The van der Waals surface area contributed by atoms with Gasteiger partial charge in [-0.3, -0.25) is 9.51 Å². The molecule has 6 heteroatoms. The van der Waals surface area contributed by atoms with Crippen molar-refractivity contribution in [1.82, 2.24) is 10.1 Å². The van der Waals surface area contributed by atoms with Gasteiger partial charge in [0.15, 0.2) is 5.82 Å². The Labute approximate surface area is 82.3 Å².